The molecular weight excluding hydrogens is 161 g/mol. The summed E-state index contributed by atoms with van der Waals surface area (Å²) in [5.74, 6) is -2.40. The van der Waals surface area contributed by atoms with Gasteiger partial charge in [0.15, 0.2) is 0 Å². The molecule has 0 atom stereocenters. The summed E-state index contributed by atoms with van der Waals surface area (Å²) >= 11 is 0. The molecule has 11 heavy (non-hydrogen) atoms. The Morgan fingerprint density at radius 2 is 1.36 bits per heavy atom. The number of rotatable bonds is 2. The molecule has 4 nitrogen and oxygen atoms in total. The third-order valence-electron chi connectivity index (χ3n) is 0.606. The molecule has 0 amide bonds. The molecule has 0 spiro atoms. The molecule has 64 valence electrons. The number of halogens is 2. The van der Waals surface area contributed by atoms with Crippen molar-refractivity contribution in [2.45, 2.75) is 13.8 Å². The quantitative estimate of drug-likeness (QED) is 0.561. The smallest absolute Gasteiger partial charge is 0.601 e. The molecule has 0 aliphatic carbocycles. The Labute approximate surface area is 61.5 Å². The van der Waals surface area contributed by atoms with Gasteiger partial charge in [0, 0.05) is 13.8 Å². The van der Waals surface area contributed by atoms with E-state index in [2.05, 4.69) is 9.31 Å². The van der Waals surface area contributed by atoms with Crippen LogP contribution in [0.25, 0.3) is 0 Å². The van der Waals surface area contributed by atoms with Crippen LogP contribution in [0.3, 0.4) is 0 Å². The maximum Gasteiger partial charge on any atom is 0.729 e. The van der Waals surface area contributed by atoms with E-state index in [1.54, 1.807) is 0 Å². The summed E-state index contributed by atoms with van der Waals surface area (Å²) in [6, 6.07) is 0. The zero-order valence-electron chi connectivity index (χ0n) is 5.97. The second-order valence-corrected chi connectivity index (χ2v) is 1.75. The van der Waals surface area contributed by atoms with Gasteiger partial charge in [-0.25, -0.2) is 0 Å². The van der Waals surface area contributed by atoms with Crippen LogP contribution >= 0.6 is 0 Å². The highest BCUT2D eigenvalue weighted by molar-refractivity contribution is 6.55. The monoisotopic (exact) mass is 167 g/mol. The fraction of sp³-hybridized carbons (Fsp3) is 0.500. The van der Waals surface area contributed by atoms with Crippen molar-refractivity contribution < 1.29 is 27.5 Å². The molecule has 0 saturated carbocycles. The summed E-state index contributed by atoms with van der Waals surface area (Å²) in [5.41, 5.74) is 0. The van der Waals surface area contributed by atoms with Crippen LogP contribution in [-0.4, -0.2) is 19.0 Å². The Morgan fingerprint density at radius 3 is 1.55 bits per heavy atom. The summed E-state index contributed by atoms with van der Waals surface area (Å²) in [5, 5.41) is 0. The van der Waals surface area contributed by atoms with Gasteiger partial charge in [-0.3, -0.25) is 9.59 Å². The zero-order valence-corrected chi connectivity index (χ0v) is 5.97. The van der Waals surface area contributed by atoms with Crippen LogP contribution in [0.4, 0.5) is 8.63 Å². The summed E-state index contributed by atoms with van der Waals surface area (Å²) in [6.45, 7) is 1.58. The second kappa shape index (κ2) is 3.31. The van der Waals surface area contributed by atoms with Crippen molar-refractivity contribution in [2.75, 3.05) is 0 Å². The molecule has 0 bridgehead atoms. The van der Waals surface area contributed by atoms with E-state index in [1.165, 1.54) is 0 Å². The minimum Gasteiger partial charge on any atom is -0.601 e. The van der Waals surface area contributed by atoms with Gasteiger partial charge in [0.1, 0.15) is 0 Å². The Hall–Kier alpha value is -1.14. The molecule has 0 fully saturated rings. The lowest BCUT2D eigenvalue weighted by atomic mass is 10.2. The van der Waals surface area contributed by atoms with Crippen molar-refractivity contribution in [3.05, 3.63) is 0 Å². The molecule has 0 aliphatic heterocycles. The molecule has 0 saturated heterocycles. The fourth-order valence-electron chi connectivity index (χ4n) is 0.410. The van der Waals surface area contributed by atoms with Crippen LogP contribution in [0.1, 0.15) is 13.8 Å². The number of hydrogen-bond donors (Lipinski definition) is 0. The lowest BCUT2D eigenvalue weighted by molar-refractivity contribution is -0.142. The van der Waals surface area contributed by atoms with Gasteiger partial charge < -0.3 is 17.9 Å². The normalized spacial score (nSPS) is 10.5. The van der Waals surface area contributed by atoms with E-state index in [1.807, 2.05) is 0 Å². The molecule has 0 N–H and O–H groups in total. The molecular formula is C4H6BF2O4-. The molecule has 0 heterocycles. The molecule has 0 aromatic rings. The number of carbonyl (C=O) groups excluding carboxylic acids is 2. The SMILES string of the molecule is CC(=O)O[B-](F)(F)OC(C)=O. The number of carbonyl (C=O) groups is 2. The highest BCUT2D eigenvalue weighted by atomic mass is 19.3. The second-order valence-electron chi connectivity index (χ2n) is 1.75. The fourth-order valence-corrected chi connectivity index (χ4v) is 0.410. The zero-order chi connectivity index (χ0) is 9.07. The van der Waals surface area contributed by atoms with E-state index in [0.717, 1.165) is 13.8 Å². The average Bonchev–Trinajstić information content (AvgIpc) is 1.53. The predicted molar refractivity (Wildman–Crippen MR) is 31.5 cm³/mol. The van der Waals surface area contributed by atoms with Gasteiger partial charge in [-0.15, -0.1) is 0 Å². The predicted octanol–water partition coefficient (Wildman–Crippen LogP) is 0.487. The van der Waals surface area contributed by atoms with Gasteiger partial charge in [0.05, 0.1) is 0 Å². The van der Waals surface area contributed by atoms with Gasteiger partial charge in [-0.05, 0) is 0 Å². The minimum atomic E-state index is -4.77. The first-order valence-electron chi connectivity index (χ1n) is 2.72. The van der Waals surface area contributed by atoms with Crippen molar-refractivity contribution >= 4 is 19.0 Å². The first kappa shape index (κ1) is 9.86. The molecule has 0 radical (unpaired) electrons. The van der Waals surface area contributed by atoms with Crippen LogP contribution in [0.5, 0.6) is 0 Å². The highest BCUT2D eigenvalue weighted by Crippen LogP contribution is 2.10. The topological polar surface area (TPSA) is 52.6 Å². The van der Waals surface area contributed by atoms with Crippen molar-refractivity contribution in [1.29, 1.82) is 0 Å². The number of hydrogen-bond acceptors (Lipinski definition) is 4. The first-order chi connectivity index (χ1) is 4.83. The molecule has 0 aliphatic rings. The third kappa shape index (κ3) is 5.32. The first-order valence-corrected chi connectivity index (χ1v) is 2.72. The lowest BCUT2D eigenvalue weighted by Crippen LogP contribution is -2.35. The average molecular weight is 167 g/mol. The summed E-state index contributed by atoms with van der Waals surface area (Å²) in [4.78, 5) is 19.9. The maximum absolute atomic E-state index is 12.1. The molecule has 0 aromatic carbocycles. The van der Waals surface area contributed by atoms with Crippen LogP contribution in [0.15, 0.2) is 0 Å². The van der Waals surface area contributed by atoms with E-state index >= 15 is 0 Å². The molecule has 0 rings (SSSR count). The molecule has 0 unspecified atom stereocenters. The van der Waals surface area contributed by atoms with Crippen molar-refractivity contribution in [3.63, 3.8) is 0 Å². The maximum atomic E-state index is 12.1. The van der Waals surface area contributed by atoms with Crippen molar-refractivity contribution in [3.8, 4) is 0 Å². The van der Waals surface area contributed by atoms with Crippen LogP contribution < -0.4 is 0 Å². The highest BCUT2D eigenvalue weighted by Gasteiger charge is 2.35. The van der Waals surface area contributed by atoms with Gasteiger partial charge in [-0.1, -0.05) is 0 Å². The molecule has 0 aromatic heterocycles. The Morgan fingerprint density at radius 1 is 1.09 bits per heavy atom. The van der Waals surface area contributed by atoms with E-state index in [4.69, 9.17) is 0 Å². The standard InChI is InChI=1S/C4H6BF2O4/c1-3(8)10-5(6,7)11-4(2)9/h1-2H3/q-1. The van der Waals surface area contributed by atoms with E-state index in [9.17, 15) is 18.2 Å². The third-order valence-corrected chi connectivity index (χ3v) is 0.606. The van der Waals surface area contributed by atoms with Crippen molar-refractivity contribution in [2.24, 2.45) is 0 Å². The van der Waals surface area contributed by atoms with Gasteiger partial charge in [0.25, 0.3) is 11.9 Å². The van der Waals surface area contributed by atoms with Gasteiger partial charge >= 0.3 is 7.11 Å². The minimum absolute atomic E-state index is 0.791. The molecule has 7 heteroatoms. The van der Waals surface area contributed by atoms with Crippen LogP contribution in [-0.2, 0) is 18.9 Å². The van der Waals surface area contributed by atoms with Gasteiger partial charge in [0.2, 0.25) is 0 Å². The summed E-state index contributed by atoms with van der Waals surface area (Å²) in [6.07, 6.45) is 0. The Bertz CT molecular complexity index is 163. The Balaban J connectivity index is 3.99. The lowest BCUT2D eigenvalue weighted by Gasteiger charge is -2.23. The van der Waals surface area contributed by atoms with Crippen LogP contribution in [0.2, 0.25) is 0 Å². The van der Waals surface area contributed by atoms with E-state index in [-0.39, 0.29) is 0 Å². The van der Waals surface area contributed by atoms with Crippen LogP contribution in [0, 0.1) is 0 Å². The van der Waals surface area contributed by atoms with E-state index in [0.29, 0.717) is 0 Å². The van der Waals surface area contributed by atoms with Gasteiger partial charge in [-0.2, -0.15) is 0 Å². The summed E-state index contributed by atoms with van der Waals surface area (Å²) in [7, 11) is -4.77. The Kier molecular flexibility index (Phi) is 2.97. The largest absolute Gasteiger partial charge is 0.729 e. The van der Waals surface area contributed by atoms with E-state index < -0.39 is 19.0 Å². The summed E-state index contributed by atoms with van der Waals surface area (Å²) < 4.78 is 31.0. The van der Waals surface area contributed by atoms with Crippen molar-refractivity contribution in [1.82, 2.24) is 0 Å².